The molecule has 1 unspecified atom stereocenters. The lowest BCUT2D eigenvalue weighted by Gasteiger charge is -2.41. The molecule has 5 nitrogen and oxygen atoms in total. The molecule has 1 aliphatic heterocycles. The van der Waals surface area contributed by atoms with E-state index < -0.39 is 0 Å². The van der Waals surface area contributed by atoms with Gasteiger partial charge < -0.3 is 10.2 Å². The first-order chi connectivity index (χ1) is 14.1. The van der Waals surface area contributed by atoms with E-state index in [4.69, 9.17) is 11.6 Å². The van der Waals surface area contributed by atoms with Gasteiger partial charge in [0, 0.05) is 42.8 Å². The third-order valence-corrected chi connectivity index (χ3v) is 7.20. The van der Waals surface area contributed by atoms with Crippen molar-refractivity contribution in [3.05, 3.63) is 29.3 Å². The van der Waals surface area contributed by atoms with E-state index in [-0.39, 0.29) is 17.9 Å². The molecule has 1 N–H and O–H groups in total. The Hall–Kier alpha value is -1.59. The topological polar surface area (TPSA) is 52.7 Å². The largest absolute Gasteiger partial charge is 0.340 e. The molecule has 1 atom stereocenters. The van der Waals surface area contributed by atoms with E-state index in [0.29, 0.717) is 16.8 Å². The average molecular weight is 418 g/mol. The van der Waals surface area contributed by atoms with Gasteiger partial charge in [-0.3, -0.25) is 14.5 Å². The van der Waals surface area contributed by atoms with Crippen LogP contribution in [0.3, 0.4) is 0 Å². The molecular weight excluding hydrogens is 386 g/mol. The number of nitrogens with one attached hydrogen (secondary N) is 1. The number of hydrogen-bond acceptors (Lipinski definition) is 3. The van der Waals surface area contributed by atoms with Crippen molar-refractivity contribution in [1.29, 1.82) is 0 Å². The van der Waals surface area contributed by atoms with Crippen LogP contribution in [-0.2, 0) is 9.59 Å². The highest BCUT2D eigenvalue weighted by Gasteiger charge is 2.38. The summed E-state index contributed by atoms with van der Waals surface area (Å²) in [6, 6.07) is 7.19. The van der Waals surface area contributed by atoms with Crippen LogP contribution in [0.15, 0.2) is 24.3 Å². The van der Waals surface area contributed by atoms with Crippen molar-refractivity contribution < 1.29 is 9.59 Å². The van der Waals surface area contributed by atoms with E-state index in [0.717, 1.165) is 57.5 Å². The first-order valence-electron chi connectivity index (χ1n) is 11.2. The highest BCUT2D eigenvalue weighted by atomic mass is 35.5. The second-order valence-corrected chi connectivity index (χ2v) is 9.26. The van der Waals surface area contributed by atoms with Gasteiger partial charge in [-0.2, -0.15) is 0 Å². The van der Waals surface area contributed by atoms with E-state index in [9.17, 15) is 9.59 Å². The molecule has 2 amide bonds. The van der Waals surface area contributed by atoms with Crippen molar-refractivity contribution in [3.8, 4) is 0 Å². The summed E-state index contributed by atoms with van der Waals surface area (Å²) in [4.78, 5) is 30.4. The molecule has 3 aliphatic rings. The fraction of sp³-hybridized carbons (Fsp3) is 0.652. The van der Waals surface area contributed by atoms with Gasteiger partial charge in [-0.05, 0) is 55.9 Å². The Morgan fingerprint density at radius 1 is 0.897 bits per heavy atom. The molecule has 6 heteroatoms. The zero-order chi connectivity index (χ0) is 20.2. The standard InChI is InChI=1S/C23H32ClN3O2/c24-19-9-11-20(12-10-19)25-22(28)21(17-5-1-2-6-17)26-13-15-27(16-14-26)23(29)18-7-3-4-8-18/h9-12,17-18,21H,1-8,13-16H2,(H,25,28). The number of hydrogen-bond donors (Lipinski definition) is 1. The van der Waals surface area contributed by atoms with Crippen molar-refractivity contribution in [3.63, 3.8) is 0 Å². The van der Waals surface area contributed by atoms with Gasteiger partial charge in [-0.25, -0.2) is 0 Å². The fourth-order valence-electron chi connectivity index (χ4n) is 5.35. The maximum Gasteiger partial charge on any atom is 0.242 e. The number of nitrogens with zero attached hydrogens (tertiary/aromatic N) is 2. The second kappa shape index (κ2) is 9.48. The fourth-order valence-corrected chi connectivity index (χ4v) is 5.48. The van der Waals surface area contributed by atoms with E-state index in [1.807, 2.05) is 17.0 Å². The zero-order valence-corrected chi connectivity index (χ0v) is 17.9. The summed E-state index contributed by atoms with van der Waals surface area (Å²) in [7, 11) is 0. The Labute approximate surface area is 178 Å². The van der Waals surface area contributed by atoms with Crippen molar-refractivity contribution in [2.45, 2.75) is 57.4 Å². The number of carbonyl (C=O) groups is 2. The number of anilines is 1. The summed E-state index contributed by atoms with van der Waals surface area (Å²) in [5, 5.41) is 3.77. The molecule has 1 saturated heterocycles. The van der Waals surface area contributed by atoms with Gasteiger partial charge in [0.25, 0.3) is 0 Å². The number of amides is 2. The molecule has 0 spiro atoms. The first-order valence-corrected chi connectivity index (χ1v) is 11.6. The number of benzene rings is 1. The van der Waals surface area contributed by atoms with Gasteiger partial charge >= 0.3 is 0 Å². The van der Waals surface area contributed by atoms with E-state index >= 15 is 0 Å². The number of halogens is 1. The predicted octanol–water partition coefficient (Wildman–Crippen LogP) is 4.17. The smallest absolute Gasteiger partial charge is 0.242 e. The summed E-state index contributed by atoms with van der Waals surface area (Å²) in [5.74, 6) is 1.06. The third kappa shape index (κ3) is 4.95. The van der Waals surface area contributed by atoms with Crippen LogP contribution in [0, 0.1) is 11.8 Å². The van der Waals surface area contributed by atoms with Crippen LogP contribution in [0.25, 0.3) is 0 Å². The molecular formula is C23H32ClN3O2. The lowest BCUT2D eigenvalue weighted by Crippen LogP contribution is -2.57. The normalized spacial score (nSPS) is 22.7. The molecule has 29 heavy (non-hydrogen) atoms. The molecule has 2 saturated carbocycles. The molecule has 3 fully saturated rings. The van der Waals surface area contributed by atoms with E-state index in [1.165, 1.54) is 25.7 Å². The second-order valence-electron chi connectivity index (χ2n) is 8.83. The van der Waals surface area contributed by atoms with E-state index in [2.05, 4.69) is 10.2 Å². The van der Waals surface area contributed by atoms with Gasteiger partial charge in [0.15, 0.2) is 0 Å². The molecule has 0 radical (unpaired) electrons. The van der Waals surface area contributed by atoms with Crippen LogP contribution < -0.4 is 5.32 Å². The summed E-state index contributed by atoms with van der Waals surface area (Å²) in [6.45, 7) is 3.06. The van der Waals surface area contributed by atoms with Gasteiger partial charge in [0.2, 0.25) is 11.8 Å². The molecule has 158 valence electrons. The Morgan fingerprint density at radius 3 is 2.10 bits per heavy atom. The number of rotatable bonds is 5. The minimum atomic E-state index is -0.114. The molecule has 0 aromatic heterocycles. The number of piperazine rings is 1. The molecule has 0 bridgehead atoms. The highest BCUT2D eigenvalue weighted by Crippen LogP contribution is 2.32. The summed E-state index contributed by atoms with van der Waals surface area (Å²) in [5.41, 5.74) is 0.789. The monoisotopic (exact) mass is 417 g/mol. The van der Waals surface area contributed by atoms with Gasteiger partial charge in [-0.1, -0.05) is 37.3 Å². The quantitative estimate of drug-likeness (QED) is 0.782. The van der Waals surface area contributed by atoms with Crippen molar-refractivity contribution >= 4 is 29.1 Å². The Balaban J connectivity index is 1.40. The van der Waals surface area contributed by atoms with Crippen LogP contribution in [0.2, 0.25) is 5.02 Å². The zero-order valence-electron chi connectivity index (χ0n) is 17.1. The van der Waals surface area contributed by atoms with Gasteiger partial charge in [0.1, 0.15) is 0 Å². The lowest BCUT2D eigenvalue weighted by atomic mass is 9.94. The summed E-state index contributed by atoms with van der Waals surface area (Å²) < 4.78 is 0. The molecule has 2 aliphatic carbocycles. The SMILES string of the molecule is O=C(Nc1ccc(Cl)cc1)C(C1CCCC1)N1CCN(C(=O)C2CCCC2)CC1. The van der Waals surface area contributed by atoms with Crippen molar-refractivity contribution in [1.82, 2.24) is 9.80 Å². The Bertz CT molecular complexity index is 703. The molecule has 1 heterocycles. The lowest BCUT2D eigenvalue weighted by molar-refractivity contribution is -0.138. The van der Waals surface area contributed by atoms with Crippen molar-refractivity contribution in [2.75, 3.05) is 31.5 Å². The number of carbonyl (C=O) groups excluding carboxylic acids is 2. The van der Waals surface area contributed by atoms with Crippen molar-refractivity contribution in [2.24, 2.45) is 11.8 Å². The Kier molecular flexibility index (Phi) is 6.76. The first kappa shape index (κ1) is 20.7. The van der Waals surface area contributed by atoms with Crippen LogP contribution in [0.1, 0.15) is 51.4 Å². The summed E-state index contributed by atoms with van der Waals surface area (Å²) in [6.07, 6.45) is 9.10. The van der Waals surface area contributed by atoms with E-state index in [1.54, 1.807) is 12.1 Å². The molecule has 1 aromatic rings. The van der Waals surface area contributed by atoms with Gasteiger partial charge in [0.05, 0.1) is 6.04 Å². The van der Waals surface area contributed by atoms with Gasteiger partial charge in [-0.15, -0.1) is 0 Å². The maximum atomic E-state index is 13.2. The maximum absolute atomic E-state index is 13.2. The Morgan fingerprint density at radius 2 is 1.48 bits per heavy atom. The minimum absolute atomic E-state index is 0.0785. The average Bonchev–Trinajstić information content (AvgIpc) is 3.44. The van der Waals surface area contributed by atoms with Crippen LogP contribution in [-0.4, -0.2) is 53.8 Å². The van der Waals surface area contributed by atoms with Crippen LogP contribution >= 0.6 is 11.6 Å². The summed E-state index contributed by atoms with van der Waals surface area (Å²) >= 11 is 5.97. The molecule has 1 aromatic carbocycles. The highest BCUT2D eigenvalue weighted by molar-refractivity contribution is 6.30. The third-order valence-electron chi connectivity index (χ3n) is 6.95. The van der Waals surface area contributed by atoms with Crippen LogP contribution in [0.5, 0.6) is 0 Å². The molecule has 4 rings (SSSR count). The van der Waals surface area contributed by atoms with Crippen LogP contribution in [0.4, 0.5) is 5.69 Å². The predicted molar refractivity (Wildman–Crippen MR) is 116 cm³/mol. The minimum Gasteiger partial charge on any atom is -0.340 e.